The van der Waals surface area contributed by atoms with Crippen molar-refractivity contribution in [2.24, 2.45) is 41.9 Å². The van der Waals surface area contributed by atoms with E-state index >= 15 is 0 Å². The van der Waals surface area contributed by atoms with Crippen LogP contribution in [0, 0.1) is 29.1 Å². The molecule has 1 saturated heterocycles. The van der Waals surface area contributed by atoms with Crippen LogP contribution < -0.4 is 20.5 Å². The van der Waals surface area contributed by atoms with Crippen LogP contribution in [0.1, 0.15) is 72.1 Å². The number of imidazole rings is 1. The zero-order valence-corrected chi connectivity index (χ0v) is 33.8. The third kappa shape index (κ3) is 13.9. The number of ether oxygens (including phenoxy) is 7. The second kappa shape index (κ2) is 21.5. The van der Waals surface area contributed by atoms with E-state index in [4.69, 9.17) is 38.9 Å². The average molecular weight is 776 g/mol. The summed E-state index contributed by atoms with van der Waals surface area (Å²) in [6.07, 6.45) is 3.19. The minimum Gasteiger partial charge on any atom is -0.493 e. The minimum absolute atomic E-state index is 0.0553. The van der Waals surface area contributed by atoms with Crippen molar-refractivity contribution in [3.63, 3.8) is 0 Å². The van der Waals surface area contributed by atoms with Crippen molar-refractivity contribution < 1.29 is 52.3 Å². The molecule has 0 aliphatic carbocycles. The topological polar surface area (TPSA) is 192 Å². The molecule has 0 bridgehead atoms. The van der Waals surface area contributed by atoms with Gasteiger partial charge in [0.1, 0.15) is 13.3 Å². The maximum atomic E-state index is 13.6. The Hall–Kier alpha value is -4.57. The number of methoxy groups -OCH3 is 2. The number of primary amides is 1. The Labute approximate surface area is 324 Å². The Balaban J connectivity index is 1.80. The van der Waals surface area contributed by atoms with E-state index in [9.17, 15) is 19.2 Å². The van der Waals surface area contributed by atoms with Crippen molar-refractivity contribution in [3.05, 3.63) is 42.0 Å². The predicted molar refractivity (Wildman–Crippen MR) is 202 cm³/mol. The van der Waals surface area contributed by atoms with E-state index in [-0.39, 0.29) is 43.5 Å². The zero-order chi connectivity index (χ0) is 40.7. The zero-order valence-electron chi connectivity index (χ0n) is 33.8. The molecule has 3 N–H and O–H groups in total. The lowest BCUT2D eigenvalue weighted by Gasteiger charge is -2.33. The van der Waals surface area contributed by atoms with Crippen LogP contribution in [0.4, 0.5) is 9.59 Å². The highest BCUT2D eigenvalue weighted by Crippen LogP contribution is 2.36. The molecule has 0 radical (unpaired) electrons. The summed E-state index contributed by atoms with van der Waals surface area (Å²) in [7, 11) is 5.04. The molecule has 3 amide bonds. The number of nitrogens with two attached hydrogens (primary N) is 1. The highest BCUT2D eigenvalue weighted by atomic mass is 16.8. The molecule has 55 heavy (non-hydrogen) atoms. The quantitative estimate of drug-likeness (QED) is 0.0944. The lowest BCUT2D eigenvalue weighted by molar-refractivity contribution is -0.130. The molecule has 1 aliphatic heterocycles. The number of nitrogens with one attached hydrogen (secondary N) is 1. The van der Waals surface area contributed by atoms with Gasteiger partial charge in [0, 0.05) is 45.8 Å². The number of aryl methyl sites for hydroxylation is 1. The monoisotopic (exact) mass is 775 g/mol. The molecule has 16 heteroatoms. The van der Waals surface area contributed by atoms with Crippen LogP contribution in [-0.2, 0) is 53.3 Å². The molecule has 2 aromatic rings. The number of rotatable bonds is 22. The Morgan fingerprint density at radius 2 is 1.76 bits per heavy atom. The van der Waals surface area contributed by atoms with Crippen LogP contribution in [0.3, 0.4) is 0 Å². The predicted octanol–water partition coefficient (Wildman–Crippen LogP) is 4.81. The lowest BCUT2D eigenvalue weighted by Crippen LogP contribution is -2.47. The second-order valence-corrected chi connectivity index (χ2v) is 15.3. The van der Waals surface area contributed by atoms with E-state index in [0.717, 1.165) is 12.0 Å². The molecule has 1 aliphatic rings. The smallest absolute Gasteiger partial charge is 0.493 e. The summed E-state index contributed by atoms with van der Waals surface area (Å²) in [4.78, 5) is 56.8. The summed E-state index contributed by atoms with van der Waals surface area (Å²) in [5.74, 6) is 0.159. The van der Waals surface area contributed by atoms with Gasteiger partial charge in [-0.05, 0) is 68.6 Å². The summed E-state index contributed by atoms with van der Waals surface area (Å²) < 4.78 is 40.2. The van der Waals surface area contributed by atoms with Gasteiger partial charge in [0.15, 0.2) is 11.5 Å². The molecule has 2 heterocycles. The maximum absolute atomic E-state index is 13.6. The van der Waals surface area contributed by atoms with Crippen molar-refractivity contribution in [2.75, 3.05) is 47.5 Å². The van der Waals surface area contributed by atoms with Crippen LogP contribution in [0.5, 0.6) is 11.5 Å². The number of aromatic nitrogens is 2. The average Bonchev–Trinajstić information content (AvgIpc) is 3.75. The first-order valence-corrected chi connectivity index (χ1v) is 18.7. The first-order valence-electron chi connectivity index (χ1n) is 18.7. The van der Waals surface area contributed by atoms with Gasteiger partial charge in [0.05, 0.1) is 43.3 Å². The highest BCUT2D eigenvalue weighted by molar-refractivity contribution is 5.83. The van der Waals surface area contributed by atoms with Gasteiger partial charge in [-0.3, -0.25) is 14.5 Å². The maximum Gasteiger partial charge on any atom is 0.511 e. The molecule has 3 rings (SSSR count). The highest BCUT2D eigenvalue weighted by Gasteiger charge is 2.43. The van der Waals surface area contributed by atoms with Crippen molar-refractivity contribution in [2.45, 2.75) is 86.0 Å². The molecule has 0 spiro atoms. The first-order chi connectivity index (χ1) is 26.1. The largest absolute Gasteiger partial charge is 0.511 e. The molecule has 1 aromatic heterocycles. The standard InChI is InChI=1S/C39H61N5O11/c1-25(2)28(15-27-11-12-32(50-9)34(16-27)51-14-10-13-49-8)17-31-33(18-30(26(3)4)35(45)41-21-39(5,6)36(40)46)53-23-44(31)37(47)54-24-55-38(48)52-20-29-19-43(7)22-42-29/h11-12,16,19,22,25-26,28,30-31,33H,10,13-15,17-18,20-21,23-24H2,1-9H3,(H2,40,46)(H,41,45)/t28-,30-,31-,33-/m0/s1. The molecule has 1 fully saturated rings. The van der Waals surface area contributed by atoms with E-state index in [1.54, 1.807) is 52.2 Å². The number of hydrogen-bond acceptors (Lipinski definition) is 12. The summed E-state index contributed by atoms with van der Waals surface area (Å²) in [6.45, 7) is 11.7. The summed E-state index contributed by atoms with van der Waals surface area (Å²) >= 11 is 0. The van der Waals surface area contributed by atoms with Gasteiger partial charge >= 0.3 is 12.2 Å². The first kappa shape index (κ1) is 44.8. The second-order valence-electron chi connectivity index (χ2n) is 15.3. The van der Waals surface area contributed by atoms with Gasteiger partial charge in [-0.15, -0.1) is 0 Å². The molecule has 1 aromatic carbocycles. The van der Waals surface area contributed by atoms with Crippen LogP contribution in [0.2, 0.25) is 0 Å². The molecular formula is C39H61N5O11. The Morgan fingerprint density at radius 3 is 2.38 bits per heavy atom. The third-order valence-electron chi connectivity index (χ3n) is 9.91. The van der Waals surface area contributed by atoms with E-state index in [2.05, 4.69) is 24.1 Å². The number of amides is 3. The van der Waals surface area contributed by atoms with Crippen LogP contribution in [0.25, 0.3) is 0 Å². The molecule has 308 valence electrons. The molecular weight excluding hydrogens is 714 g/mol. The van der Waals surface area contributed by atoms with E-state index in [1.807, 2.05) is 32.0 Å². The van der Waals surface area contributed by atoms with Gasteiger partial charge in [-0.1, -0.05) is 33.8 Å². The molecule has 4 atom stereocenters. The van der Waals surface area contributed by atoms with Crippen LogP contribution in [0.15, 0.2) is 30.7 Å². The fourth-order valence-corrected chi connectivity index (χ4v) is 6.21. The van der Waals surface area contributed by atoms with Gasteiger partial charge in [0.25, 0.3) is 0 Å². The Kier molecular flexibility index (Phi) is 17.5. The Bertz CT molecular complexity index is 1550. The number of nitrogens with zero attached hydrogens (tertiary/aromatic N) is 3. The van der Waals surface area contributed by atoms with Gasteiger partial charge in [0.2, 0.25) is 18.6 Å². The summed E-state index contributed by atoms with van der Waals surface area (Å²) in [5, 5.41) is 2.90. The van der Waals surface area contributed by atoms with E-state index < -0.39 is 48.4 Å². The number of hydrogen-bond donors (Lipinski definition) is 2. The van der Waals surface area contributed by atoms with Gasteiger partial charge < -0.3 is 48.8 Å². The van der Waals surface area contributed by atoms with Crippen LogP contribution in [-0.4, -0.2) is 98.2 Å². The van der Waals surface area contributed by atoms with Gasteiger partial charge in [-0.25, -0.2) is 14.6 Å². The summed E-state index contributed by atoms with van der Waals surface area (Å²) in [6, 6.07) is 5.38. The van der Waals surface area contributed by atoms with Crippen LogP contribution >= 0.6 is 0 Å². The van der Waals surface area contributed by atoms with Crippen molar-refractivity contribution in [3.8, 4) is 11.5 Å². The van der Waals surface area contributed by atoms with E-state index in [0.29, 0.717) is 49.7 Å². The Morgan fingerprint density at radius 1 is 1.02 bits per heavy atom. The van der Waals surface area contributed by atoms with E-state index in [1.165, 1.54) is 4.90 Å². The number of carbonyl (C=O) groups excluding carboxylic acids is 4. The minimum atomic E-state index is -1.02. The number of benzene rings is 1. The van der Waals surface area contributed by atoms with Crippen molar-refractivity contribution >= 4 is 24.1 Å². The molecule has 16 nitrogen and oxygen atoms in total. The van der Waals surface area contributed by atoms with Gasteiger partial charge in [-0.2, -0.15) is 0 Å². The third-order valence-corrected chi connectivity index (χ3v) is 9.91. The van der Waals surface area contributed by atoms with Crippen molar-refractivity contribution in [1.82, 2.24) is 19.8 Å². The normalized spacial score (nSPS) is 16.8. The summed E-state index contributed by atoms with van der Waals surface area (Å²) in [5.41, 5.74) is 6.17. The molecule has 0 saturated carbocycles. The fourth-order valence-electron chi connectivity index (χ4n) is 6.21. The SMILES string of the molecule is COCCCOc1cc(C[C@@H](C[C@H]2[C@H](C[C@H](C(=O)NCC(C)(C)C(N)=O)C(C)C)OCN2C(=O)OCOC(=O)OCc2cn(C)cn2)C(C)C)ccc1OC. The fraction of sp³-hybridized carbons (Fsp3) is 0.667. The van der Waals surface area contributed by atoms with Crippen molar-refractivity contribution in [1.29, 1.82) is 0 Å². The number of carbonyl (C=O) groups is 4. The molecule has 0 unspecified atom stereocenters. The lowest BCUT2D eigenvalue weighted by atomic mass is 9.80.